The topological polar surface area (TPSA) is 61.5 Å². The Morgan fingerprint density at radius 2 is 2.08 bits per heavy atom. The molecule has 2 aliphatic rings. The van der Waals surface area contributed by atoms with E-state index in [1.165, 1.54) is 11.3 Å². The van der Waals surface area contributed by atoms with Gasteiger partial charge in [0, 0.05) is 42.9 Å². The van der Waals surface area contributed by atoms with Crippen LogP contribution in [0.2, 0.25) is 0 Å². The number of nitrogens with zero attached hydrogens (tertiary/aromatic N) is 3. The second-order valence-electron chi connectivity index (χ2n) is 8.03. The zero-order chi connectivity index (χ0) is 17.2. The lowest BCUT2D eigenvalue weighted by molar-refractivity contribution is -0.141. The van der Waals surface area contributed by atoms with Crippen LogP contribution in [0.4, 0.5) is 0 Å². The first-order chi connectivity index (χ1) is 11.4. The molecule has 3 heterocycles. The number of amides is 1. The molecule has 2 saturated heterocycles. The summed E-state index contributed by atoms with van der Waals surface area (Å²) >= 11 is 0. The highest BCUT2D eigenvalue weighted by Crippen LogP contribution is 2.26. The molecule has 134 valence electrons. The molecule has 1 unspecified atom stereocenters. The van der Waals surface area contributed by atoms with Gasteiger partial charge in [0.15, 0.2) is 0 Å². The number of H-pyrrole nitrogens is 1. The quantitative estimate of drug-likeness (QED) is 0.915. The fourth-order valence-electron chi connectivity index (χ4n) is 3.76. The van der Waals surface area contributed by atoms with Crippen LogP contribution >= 0.6 is 0 Å². The zero-order valence-electron chi connectivity index (χ0n) is 15.2. The van der Waals surface area contributed by atoms with Crippen molar-refractivity contribution < 1.29 is 9.53 Å². The lowest BCUT2D eigenvalue weighted by Crippen LogP contribution is -2.48. The van der Waals surface area contributed by atoms with Gasteiger partial charge in [-0.3, -0.25) is 14.8 Å². The molecule has 24 heavy (non-hydrogen) atoms. The number of likely N-dealkylation sites (tertiary alicyclic amines) is 1. The first-order valence-corrected chi connectivity index (χ1v) is 9.07. The molecular weight excluding hydrogens is 304 g/mol. The summed E-state index contributed by atoms with van der Waals surface area (Å²) in [5.41, 5.74) is 2.51. The Balaban J connectivity index is 1.62. The van der Waals surface area contributed by atoms with Crippen LogP contribution < -0.4 is 0 Å². The second kappa shape index (κ2) is 7.23. The summed E-state index contributed by atoms with van der Waals surface area (Å²) in [5, 5.41) is 7.40. The van der Waals surface area contributed by atoms with E-state index in [4.69, 9.17) is 4.74 Å². The first kappa shape index (κ1) is 17.4. The van der Waals surface area contributed by atoms with Crippen LogP contribution in [0.5, 0.6) is 0 Å². The van der Waals surface area contributed by atoms with Gasteiger partial charge >= 0.3 is 0 Å². The van der Waals surface area contributed by atoms with E-state index < -0.39 is 0 Å². The third kappa shape index (κ3) is 3.98. The van der Waals surface area contributed by atoms with Crippen LogP contribution in [0.15, 0.2) is 6.20 Å². The highest BCUT2D eigenvalue weighted by Gasteiger charge is 2.31. The van der Waals surface area contributed by atoms with E-state index in [0.29, 0.717) is 19.1 Å². The minimum absolute atomic E-state index is 0.0602. The Kier molecular flexibility index (Phi) is 5.25. The van der Waals surface area contributed by atoms with Crippen LogP contribution in [0.3, 0.4) is 0 Å². The Morgan fingerprint density at radius 1 is 1.33 bits per heavy atom. The summed E-state index contributed by atoms with van der Waals surface area (Å²) in [4.78, 5) is 17.1. The number of piperidine rings is 1. The van der Waals surface area contributed by atoms with Gasteiger partial charge < -0.3 is 9.64 Å². The molecule has 3 rings (SSSR count). The van der Waals surface area contributed by atoms with Gasteiger partial charge in [0.05, 0.1) is 25.3 Å². The fraction of sp³-hybridized carbons (Fsp3) is 0.778. The van der Waals surface area contributed by atoms with Gasteiger partial charge in [-0.1, -0.05) is 20.8 Å². The largest absolute Gasteiger partial charge is 0.378 e. The van der Waals surface area contributed by atoms with E-state index in [2.05, 4.69) is 35.9 Å². The van der Waals surface area contributed by atoms with Gasteiger partial charge in [-0.15, -0.1) is 0 Å². The molecule has 1 aromatic heterocycles. The number of ether oxygens (including phenoxy) is 1. The Hall–Kier alpha value is -1.40. The van der Waals surface area contributed by atoms with Crippen molar-refractivity contribution in [2.75, 3.05) is 39.4 Å². The van der Waals surface area contributed by atoms with Crippen LogP contribution in [-0.2, 0) is 21.5 Å². The maximum Gasteiger partial charge on any atom is 0.227 e. The normalized spacial score (nSPS) is 23.5. The predicted octanol–water partition coefficient (Wildman–Crippen LogP) is 1.78. The third-order valence-corrected chi connectivity index (χ3v) is 5.04. The predicted molar refractivity (Wildman–Crippen MR) is 92.7 cm³/mol. The summed E-state index contributed by atoms with van der Waals surface area (Å²) in [6.45, 7) is 12.2. The summed E-state index contributed by atoms with van der Waals surface area (Å²) < 4.78 is 5.36. The molecule has 2 aliphatic heterocycles. The summed E-state index contributed by atoms with van der Waals surface area (Å²) in [6, 6.07) is 0. The smallest absolute Gasteiger partial charge is 0.227 e. The number of aromatic amines is 1. The van der Waals surface area contributed by atoms with E-state index in [0.717, 1.165) is 45.6 Å². The maximum absolute atomic E-state index is 12.8. The molecule has 6 heteroatoms. The molecule has 2 fully saturated rings. The lowest BCUT2D eigenvalue weighted by atomic mass is 9.89. The van der Waals surface area contributed by atoms with Crippen LogP contribution in [0.25, 0.3) is 0 Å². The van der Waals surface area contributed by atoms with Crippen molar-refractivity contribution in [3.05, 3.63) is 17.5 Å². The molecular formula is C18H30N4O2. The maximum atomic E-state index is 12.8. The number of hydrogen-bond acceptors (Lipinski definition) is 4. The number of carbonyl (C=O) groups excluding carboxylic acids is 1. The van der Waals surface area contributed by atoms with Gasteiger partial charge in [-0.25, -0.2) is 0 Å². The van der Waals surface area contributed by atoms with Gasteiger partial charge in [0.25, 0.3) is 0 Å². The number of nitrogens with one attached hydrogen (secondary N) is 1. The Morgan fingerprint density at radius 3 is 2.79 bits per heavy atom. The van der Waals surface area contributed by atoms with E-state index in [-0.39, 0.29) is 11.3 Å². The van der Waals surface area contributed by atoms with Gasteiger partial charge in [0.2, 0.25) is 5.91 Å². The van der Waals surface area contributed by atoms with Crippen molar-refractivity contribution in [3.8, 4) is 0 Å². The number of carbonyl (C=O) groups is 1. The molecule has 0 bridgehead atoms. The monoisotopic (exact) mass is 334 g/mol. The molecule has 0 radical (unpaired) electrons. The standard InChI is InChI=1S/C18H30N4O2/c1-18(2,3)16-15(11-19-20-16)13-21-6-4-5-14(12-21)17(23)22-7-9-24-10-8-22/h11,14H,4-10,12-13H2,1-3H3,(H,19,20). The SMILES string of the molecule is CC(C)(C)c1[nH]ncc1CN1CCCC(C(=O)N2CCOCC2)C1. The van der Waals surface area contributed by atoms with Crippen molar-refractivity contribution in [1.82, 2.24) is 20.0 Å². The number of rotatable bonds is 3. The highest BCUT2D eigenvalue weighted by molar-refractivity contribution is 5.79. The molecule has 1 atom stereocenters. The molecule has 1 amide bonds. The second-order valence-corrected chi connectivity index (χ2v) is 8.03. The van der Waals surface area contributed by atoms with E-state index in [9.17, 15) is 4.79 Å². The van der Waals surface area contributed by atoms with E-state index in [1.54, 1.807) is 0 Å². The van der Waals surface area contributed by atoms with Gasteiger partial charge in [0.1, 0.15) is 0 Å². The molecule has 0 aliphatic carbocycles. The summed E-state index contributed by atoms with van der Waals surface area (Å²) in [5.74, 6) is 0.438. The minimum atomic E-state index is 0.0602. The number of hydrogen-bond donors (Lipinski definition) is 1. The van der Waals surface area contributed by atoms with Crippen molar-refractivity contribution >= 4 is 5.91 Å². The van der Waals surface area contributed by atoms with Crippen molar-refractivity contribution in [2.45, 2.75) is 45.6 Å². The molecule has 1 N–H and O–H groups in total. The Bertz CT molecular complexity index is 558. The summed E-state index contributed by atoms with van der Waals surface area (Å²) in [6.07, 6.45) is 4.03. The zero-order valence-corrected chi connectivity index (χ0v) is 15.2. The van der Waals surface area contributed by atoms with Crippen molar-refractivity contribution in [1.29, 1.82) is 0 Å². The highest BCUT2D eigenvalue weighted by atomic mass is 16.5. The van der Waals surface area contributed by atoms with Crippen molar-refractivity contribution in [3.63, 3.8) is 0 Å². The van der Waals surface area contributed by atoms with Crippen molar-refractivity contribution in [2.24, 2.45) is 5.92 Å². The van der Waals surface area contributed by atoms with Crippen LogP contribution in [-0.4, -0.2) is 65.3 Å². The van der Waals surface area contributed by atoms with Crippen LogP contribution in [0.1, 0.15) is 44.9 Å². The molecule has 6 nitrogen and oxygen atoms in total. The molecule has 0 saturated carbocycles. The molecule has 0 aromatic carbocycles. The van der Waals surface area contributed by atoms with E-state index in [1.807, 2.05) is 11.1 Å². The number of aromatic nitrogens is 2. The Labute approximate surface area is 144 Å². The van der Waals surface area contributed by atoms with E-state index >= 15 is 0 Å². The average Bonchev–Trinajstić information content (AvgIpc) is 3.04. The van der Waals surface area contributed by atoms with Crippen LogP contribution in [0, 0.1) is 5.92 Å². The average molecular weight is 334 g/mol. The first-order valence-electron chi connectivity index (χ1n) is 9.07. The lowest BCUT2D eigenvalue weighted by Gasteiger charge is -2.36. The molecule has 0 spiro atoms. The molecule has 1 aromatic rings. The third-order valence-electron chi connectivity index (χ3n) is 5.04. The van der Waals surface area contributed by atoms with Gasteiger partial charge in [-0.2, -0.15) is 5.10 Å². The number of morpholine rings is 1. The van der Waals surface area contributed by atoms with Gasteiger partial charge in [-0.05, 0) is 19.4 Å². The fourth-order valence-corrected chi connectivity index (χ4v) is 3.76. The minimum Gasteiger partial charge on any atom is -0.378 e. The summed E-state index contributed by atoms with van der Waals surface area (Å²) in [7, 11) is 0.